The highest BCUT2D eigenvalue weighted by atomic mass is 32.1. The highest BCUT2D eigenvalue weighted by Crippen LogP contribution is 2.40. The minimum absolute atomic E-state index is 0.337. The highest BCUT2D eigenvalue weighted by Gasteiger charge is 2.35. The molecule has 0 atom stereocenters. The molecule has 2 amide bonds. The van der Waals surface area contributed by atoms with E-state index in [1.807, 2.05) is 114 Å². The molecule has 0 bridgehead atoms. The van der Waals surface area contributed by atoms with Crippen LogP contribution in [0.4, 0.5) is 11.4 Å². The number of hydrogen-bond donors (Lipinski definition) is 1. The third kappa shape index (κ3) is 5.08. The minimum Gasteiger partial charge on any atom is -0.368 e. The Morgan fingerprint density at radius 3 is 2.26 bits per heavy atom. The van der Waals surface area contributed by atoms with Gasteiger partial charge in [-0.2, -0.15) is 5.10 Å². The van der Waals surface area contributed by atoms with E-state index in [0.717, 1.165) is 81.2 Å². The Kier molecular flexibility index (Phi) is 7.49. The van der Waals surface area contributed by atoms with E-state index in [1.54, 1.807) is 11.3 Å². The number of hydrogen-bond acceptors (Lipinski definition) is 8. The molecule has 10 heteroatoms. The van der Waals surface area contributed by atoms with Crippen molar-refractivity contribution in [3.8, 4) is 27.5 Å². The van der Waals surface area contributed by atoms with Gasteiger partial charge in [-0.3, -0.25) is 14.5 Å². The van der Waals surface area contributed by atoms with Crippen molar-refractivity contribution in [2.24, 2.45) is 5.73 Å². The van der Waals surface area contributed by atoms with Gasteiger partial charge in [-0.05, 0) is 54.6 Å². The average molecular weight is 676 g/mol. The molecule has 1 fully saturated rings. The summed E-state index contributed by atoms with van der Waals surface area (Å²) >= 11 is 1.61. The van der Waals surface area contributed by atoms with Crippen LogP contribution in [0.2, 0.25) is 0 Å². The summed E-state index contributed by atoms with van der Waals surface area (Å²) in [4.78, 5) is 39.5. The van der Waals surface area contributed by atoms with Gasteiger partial charge in [0.05, 0.1) is 27.2 Å². The van der Waals surface area contributed by atoms with E-state index in [1.165, 1.54) is 4.90 Å². The summed E-state index contributed by atoms with van der Waals surface area (Å²) in [6, 6.07) is 35.2. The summed E-state index contributed by atoms with van der Waals surface area (Å²) in [6.07, 6.45) is 2.00. The second-order valence-corrected chi connectivity index (χ2v) is 13.7. The topological polar surface area (TPSA) is 101 Å². The van der Waals surface area contributed by atoms with Crippen molar-refractivity contribution in [2.75, 3.05) is 49.1 Å². The van der Waals surface area contributed by atoms with Crippen molar-refractivity contribution < 1.29 is 9.59 Å². The quantitative estimate of drug-likeness (QED) is 0.185. The lowest BCUT2D eigenvalue weighted by Crippen LogP contribution is -2.48. The van der Waals surface area contributed by atoms with Crippen LogP contribution >= 0.6 is 11.3 Å². The van der Waals surface area contributed by atoms with Gasteiger partial charge >= 0.3 is 0 Å². The number of piperazine rings is 1. The molecular formula is C40H33N7O2S. The number of fused-ring (bicyclic) bond motifs is 1. The zero-order valence-corrected chi connectivity index (χ0v) is 28.0. The van der Waals surface area contributed by atoms with E-state index in [0.29, 0.717) is 29.1 Å². The minimum atomic E-state index is -0.337. The molecule has 9 rings (SSSR count). The number of nitrogens with two attached hydrogens (primary N) is 1. The van der Waals surface area contributed by atoms with Gasteiger partial charge in [-0.25, -0.2) is 14.6 Å². The molecule has 4 heterocycles. The van der Waals surface area contributed by atoms with Gasteiger partial charge in [0.1, 0.15) is 10.7 Å². The molecule has 50 heavy (non-hydrogen) atoms. The fourth-order valence-corrected chi connectivity index (χ4v) is 8.20. The average Bonchev–Trinajstić information content (AvgIpc) is 3.80. The normalized spacial score (nSPS) is 15.1. The van der Waals surface area contributed by atoms with Crippen molar-refractivity contribution in [2.45, 2.75) is 0 Å². The number of aromatic nitrogens is 3. The van der Waals surface area contributed by atoms with E-state index in [9.17, 15) is 9.59 Å². The Labute approximate surface area is 292 Å². The number of amides is 2. The Hall–Kier alpha value is -5.68. The van der Waals surface area contributed by atoms with Gasteiger partial charge in [0.2, 0.25) is 0 Å². The van der Waals surface area contributed by atoms with E-state index >= 15 is 0 Å². The lowest BCUT2D eigenvalue weighted by Gasteiger charge is -2.37. The van der Waals surface area contributed by atoms with Crippen LogP contribution in [0.25, 0.3) is 48.5 Å². The molecule has 2 aliphatic rings. The first kappa shape index (κ1) is 30.4. The fraction of sp³-hybridized carbons (Fsp3) is 0.150. The monoisotopic (exact) mass is 675 g/mol. The third-order valence-corrected chi connectivity index (χ3v) is 10.7. The summed E-state index contributed by atoms with van der Waals surface area (Å²) in [6.45, 7) is 5.09. The van der Waals surface area contributed by atoms with E-state index in [4.69, 9.17) is 15.8 Å². The molecule has 0 aliphatic carbocycles. The molecule has 0 radical (unpaired) electrons. The standard InChI is InChI=1S/C40H33N7O2S/c41-18-19-44-20-22-45(23-21-44)34-17-16-31-36-29(34)12-7-13-30(36)39(48)47(40(31)49)28-11-6-8-26(24-28)37-32(25-46(43-37)27-9-2-1-3-10-27)38-42-33-14-4-5-15-35(33)50-38/h1-17,24-25H,18-23,41H2. The maximum Gasteiger partial charge on any atom is 0.265 e. The number of thiazole rings is 1. The van der Waals surface area contributed by atoms with Crippen LogP contribution < -0.4 is 15.5 Å². The van der Waals surface area contributed by atoms with Crippen LogP contribution in [-0.2, 0) is 0 Å². The molecule has 2 aliphatic heterocycles. The van der Waals surface area contributed by atoms with Gasteiger partial charge in [-0.1, -0.05) is 54.6 Å². The predicted octanol–water partition coefficient (Wildman–Crippen LogP) is 6.85. The van der Waals surface area contributed by atoms with Gasteiger partial charge in [0, 0.05) is 78.6 Å². The van der Waals surface area contributed by atoms with Gasteiger partial charge in [0.15, 0.2) is 0 Å². The molecular weight excluding hydrogens is 643 g/mol. The zero-order chi connectivity index (χ0) is 33.8. The maximum absolute atomic E-state index is 14.3. The number of carbonyl (C=O) groups is 2. The molecule has 0 unspecified atom stereocenters. The van der Waals surface area contributed by atoms with E-state index < -0.39 is 0 Å². The molecule has 5 aromatic carbocycles. The van der Waals surface area contributed by atoms with Crippen LogP contribution in [0.15, 0.2) is 115 Å². The molecule has 0 spiro atoms. The lowest BCUT2D eigenvalue weighted by atomic mass is 9.92. The number of nitrogens with zero attached hydrogens (tertiary/aromatic N) is 6. The molecule has 0 saturated carbocycles. The summed E-state index contributed by atoms with van der Waals surface area (Å²) in [7, 11) is 0. The molecule has 246 valence electrons. The smallest absolute Gasteiger partial charge is 0.265 e. The van der Waals surface area contributed by atoms with Crippen molar-refractivity contribution in [1.82, 2.24) is 19.7 Å². The summed E-state index contributed by atoms with van der Waals surface area (Å²) in [5, 5.41) is 7.53. The van der Waals surface area contributed by atoms with Crippen LogP contribution in [0.1, 0.15) is 20.7 Å². The number of carbonyl (C=O) groups excluding carboxylic acids is 2. The summed E-state index contributed by atoms with van der Waals surface area (Å²) in [5.74, 6) is -0.673. The largest absolute Gasteiger partial charge is 0.368 e. The molecule has 2 aromatic heterocycles. The second kappa shape index (κ2) is 12.3. The summed E-state index contributed by atoms with van der Waals surface area (Å²) < 4.78 is 2.94. The van der Waals surface area contributed by atoms with Gasteiger partial charge in [-0.15, -0.1) is 11.3 Å². The Morgan fingerprint density at radius 2 is 1.46 bits per heavy atom. The maximum atomic E-state index is 14.3. The highest BCUT2D eigenvalue weighted by molar-refractivity contribution is 7.21. The number of benzene rings is 5. The molecule has 9 nitrogen and oxygen atoms in total. The van der Waals surface area contributed by atoms with E-state index in [-0.39, 0.29) is 11.8 Å². The Morgan fingerprint density at radius 1 is 0.720 bits per heavy atom. The molecule has 1 saturated heterocycles. The van der Waals surface area contributed by atoms with Crippen molar-refractivity contribution in [3.63, 3.8) is 0 Å². The van der Waals surface area contributed by atoms with E-state index in [2.05, 4.69) is 15.9 Å². The van der Waals surface area contributed by atoms with Crippen molar-refractivity contribution in [1.29, 1.82) is 0 Å². The first-order valence-corrected chi connectivity index (χ1v) is 17.6. The Balaban J connectivity index is 1.11. The number of rotatable bonds is 7. The van der Waals surface area contributed by atoms with Crippen LogP contribution in [0, 0.1) is 0 Å². The summed E-state index contributed by atoms with van der Waals surface area (Å²) in [5.41, 5.74) is 12.6. The van der Waals surface area contributed by atoms with Crippen molar-refractivity contribution >= 4 is 55.5 Å². The van der Waals surface area contributed by atoms with Crippen LogP contribution in [0.3, 0.4) is 0 Å². The predicted molar refractivity (Wildman–Crippen MR) is 200 cm³/mol. The van der Waals surface area contributed by atoms with Gasteiger partial charge in [0.25, 0.3) is 11.8 Å². The first-order chi connectivity index (χ1) is 24.6. The number of imide groups is 1. The SMILES string of the molecule is NCCN1CCN(c2ccc3c4c(cccc24)C(=O)N(c2cccc(-c4nn(-c5ccccc5)cc4-c4nc5ccccc5s4)c2)C3=O)CC1. The second-order valence-electron chi connectivity index (χ2n) is 12.6. The first-order valence-electron chi connectivity index (χ1n) is 16.8. The van der Waals surface area contributed by atoms with Crippen molar-refractivity contribution in [3.05, 3.63) is 127 Å². The van der Waals surface area contributed by atoms with Crippen LogP contribution in [-0.4, -0.2) is 70.7 Å². The lowest BCUT2D eigenvalue weighted by molar-refractivity contribution is 0.0893. The van der Waals surface area contributed by atoms with Crippen LogP contribution in [0.5, 0.6) is 0 Å². The molecule has 7 aromatic rings. The number of para-hydroxylation sites is 2. The third-order valence-electron chi connectivity index (χ3n) is 9.68. The number of anilines is 2. The zero-order valence-electron chi connectivity index (χ0n) is 27.2. The Bertz CT molecular complexity index is 2370. The fourth-order valence-electron chi connectivity index (χ4n) is 7.22. The molecule has 2 N–H and O–H groups in total. The van der Waals surface area contributed by atoms with Gasteiger partial charge < -0.3 is 10.6 Å².